The van der Waals surface area contributed by atoms with Crippen LogP contribution in [0.15, 0.2) is 0 Å². The van der Waals surface area contributed by atoms with Crippen molar-refractivity contribution >= 4 is 8.07 Å². The predicted octanol–water partition coefficient (Wildman–Crippen LogP) is 1.39. The van der Waals surface area contributed by atoms with Gasteiger partial charge in [0.15, 0.2) is 0 Å². The molecule has 3 heteroatoms. The molecule has 11 heavy (non-hydrogen) atoms. The maximum Gasteiger partial charge on any atom is 0.0894 e. The first-order valence-corrected chi connectivity index (χ1v) is 7.14. The standard InChI is InChI=1S/C8H20O2Si/c1-7(6-9)11(4,5)8(2,3)10/h7,9-10H,6H2,1-5H3. The largest absolute Gasteiger partial charge is 0.396 e. The van der Waals surface area contributed by atoms with E-state index >= 15 is 0 Å². The summed E-state index contributed by atoms with van der Waals surface area (Å²) in [5.74, 6) is 0. The highest BCUT2D eigenvalue weighted by Gasteiger charge is 2.41. The molecular formula is C8H20O2Si. The van der Waals surface area contributed by atoms with Crippen LogP contribution in [-0.2, 0) is 0 Å². The van der Waals surface area contributed by atoms with Gasteiger partial charge in [-0.05, 0) is 19.4 Å². The molecule has 0 bridgehead atoms. The predicted molar refractivity (Wildman–Crippen MR) is 50.3 cm³/mol. The van der Waals surface area contributed by atoms with Gasteiger partial charge in [0.1, 0.15) is 0 Å². The lowest BCUT2D eigenvalue weighted by atomic mass is 10.5. The van der Waals surface area contributed by atoms with Gasteiger partial charge < -0.3 is 10.2 Å². The van der Waals surface area contributed by atoms with Crippen LogP contribution in [0.2, 0.25) is 18.6 Å². The average molecular weight is 176 g/mol. The first-order chi connectivity index (χ1) is 4.73. The SMILES string of the molecule is CC(CO)[Si](C)(C)C(C)(C)O. The van der Waals surface area contributed by atoms with Gasteiger partial charge in [-0.1, -0.05) is 20.0 Å². The van der Waals surface area contributed by atoms with Gasteiger partial charge in [-0.25, -0.2) is 0 Å². The second-order valence-electron chi connectivity index (χ2n) is 4.36. The van der Waals surface area contributed by atoms with Gasteiger partial charge in [0.25, 0.3) is 0 Å². The van der Waals surface area contributed by atoms with Gasteiger partial charge >= 0.3 is 0 Å². The highest BCUT2D eigenvalue weighted by molar-refractivity contribution is 6.81. The minimum Gasteiger partial charge on any atom is -0.396 e. The van der Waals surface area contributed by atoms with Crippen LogP contribution >= 0.6 is 0 Å². The van der Waals surface area contributed by atoms with Crippen molar-refractivity contribution < 1.29 is 10.2 Å². The fraction of sp³-hybridized carbons (Fsp3) is 1.00. The van der Waals surface area contributed by atoms with Crippen molar-refractivity contribution in [1.29, 1.82) is 0 Å². The number of aliphatic hydroxyl groups is 2. The zero-order valence-corrected chi connectivity index (χ0v) is 9.18. The lowest BCUT2D eigenvalue weighted by molar-refractivity contribution is 0.150. The number of hydrogen-bond acceptors (Lipinski definition) is 2. The van der Waals surface area contributed by atoms with E-state index in [9.17, 15) is 5.11 Å². The van der Waals surface area contributed by atoms with Crippen molar-refractivity contribution in [3.05, 3.63) is 0 Å². The minimum atomic E-state index is -1.70. The molecule has 0 radical (unpaired) electrons. The molecule has 0 heterocycles. The summed E-state index contributed by atoms with van der Waals surface area (Å²) in [6.07, 6.45) is 0. The van der Waals surface area contributed by atoms with Crippen molar-refractivity contribution in [2.45, 2.75) is 44.6 Å². The highest BCUT2D eigenvalue weighted by Crippen LogP contribution is 2.30. The van der Waals surface area contributed by atoms with Gasteiger partial charge in [0.2, 0.25) is 0 Å². The normalized spacial score (nSPS) is 16.6. The van der Waals surface area contributed by atoms with E-state index in [2.05, 4.69) is 13.1 Å². The molecule has 0 aliphatic rings. The van der Waals surface area contributed by atoms with Crippen molar-refractivity contribution in [2.75, 3.05) is 6.61 Å². The van der Waals surface area contributed by atoms with Crippen LogP contribution in [0.3, 0.4) is 0 Å². The zero-order chi connectivity index (χ0) is 9.28. The van der Waals surface area contributed by atoms with Crippen molar-refractivity contribution in [3.63, 3.8) is 0 Å². The van der Waals surface area contributed by atoms with E-state index in [1.54, 1.807) is 0 Å². The van der Waals surface area contributed by atoms with Crippen molar-refractivity contribution in [3.8, 4) is 0 Å². The van der Waals surface area contributed by atoms with Crippen LogP contribution in [0.4, 0.5) is 0 Å². The Morgan fingerprint density at radius 3 is 1.82 bits per heavy atom. The molecule has 2 nitrogen and oxygen atoms in total. The minimum absolute atomic E-state index is 0.184. The third-order valence-electron chi connectivity index (χ3n) is 3.08. The smallest absolute Gasteiger partial charge is 0.0894 e. The topological polar surface area (TPSA) is 40.5 Å². The fourth-order valence-electron chi connectivity index (χ4n) is 0.831. The van der Waals surface area contributed by atoms with Gasteiger partial charge in [-0.15, -0.1) is 0 Å². The quantitative estimate of drug-likeness (QED) is 0.638. The van der Waals surface area contributed by atoms with E-state index < -0.39 is 13.3 Å². The first-order valence-electron chi connectivity index (χ1n) is 4.06. The van der Waals surface area contributed by atoms with Gasteiger partial charge in [0.05, 0.1) is 8.07 Å². The molecule has 1 unspecified atom stereocenters. The molecule has 0 fully saturated rings. The summed E-state index contributed by atoms with van der Waals surface area (Å²) in [5.41, 5.74) is 0.252. The Labute approximate surface area is 70.3 Å². The van der Waals surface area contributed by atoms with Crippen molar-refractivity contribution in [1.82, 2.24) is 0 Å². The Balaban J connectivity index is 4.45. The summed E-state index contributed by atoms with van der Waals surface area (Å²) in [6, 6.07) is 0. The summed E-state index contributed by atoms with van der Waals surface area (Å²) < 4.78 is 0. The highest BCUT2D eigenvalue weighted by atomic mass is 28.3. The molecule has 0 aromatic carbocycles. The third-order valence-corrected chi connectivity index (χ3v) is 8.88. The Kier molecular flexibility index (Phi) is 3.29. The summed E-state index contributed by atoms with van der Waals surface area (Å²) in [7, 11) is -1.70. The average Bonchev–Trinajstić information content (AvgIpc) is 1.83. The lowest BCUT2D eigenvalue weighted by Crippen LogP contribution is -2.53. The maximum absolute atomic E-state index is 9.80. The van der Waals surface area contributed by atoms with Crippen LogP contribution in [0.1, 0.15) is 20.8 Å². The molecule has 68 valence electrons. The van der Waals surface area contributed by atoms with E-state index in [0.717, 1.165) is 0 Å². The van der Waals surface area contributed by atoms with Crippen molar-refractivity contribution in [2.24, 2.45) is 0 Å². The number of rotatable bonds is 3. The Morgan fingerprint density at radius 2 is 1.73 bits per heavy atom. The van der Waals surface area contributed by atoms with E-state index in [4.69, 9.17) is 5.11 Å². The fourth-order valence-corrected chi connectivity index (χ4v) is 2.49. The summed E-state index contributed by atoms with van der Waals surface area (Å²) >= 11 is 0. The second-order valence-corrected chi connectivity index (χ2v) is 10.0. The third kappa shape index (κ3) is 2.29. The monoisotopic (exact) mass is 176 g/mol. The molecule has 0 rings (SSSR count). The molecule has 0 aliphatic heterocycles. The summed E-state index contributed by atoms with van der Waals surface area (Å²) in [6.45, 7) is 10.1. The Hall–Kier alpha value is 0.137. The van der Waals surface area contributed by atoms with Crippen LogP contribution in [0, 0.1) is 0 Å². The molecule has 0 aliphatic carbocycles. The zero-order valence-electron chi connectivity index (χ0n) is 8.18. The summed E-state index contributed by atoms with van der Waals surface area (Å²) in [4.78, 5) is 0. The first kappa shape index (κ1) is 11.1. The molecule has 0 spiro atoms. The molecule has 0 amide bonds. The van der Waals surface area contributed by atoms with Gasteiger partial charge in [-0.3, -0.25) is 0 Å². The number of hydrogen-bond donors (Lipinski definition) is 2. The molecule has 0 saturated heterocycles. The maximum atomic E-state index is 9.80. The van der Waals surface area contributed by atoms with Gasteiger partial charge in [0, 0.05) is 11.8 Å². The van der Waals surface area contributed by atoms with Crippen LogP contribution < -0.4 is 0 Å². The molecule has 1 atom stereocenters. The van der Waals surface area contributed by atoms with Gasteiger partial charge in [-0.2, -0.15) is 0 Å². The lowest BCUT2D eigenvalue weighted by Gasteiger charge is -2.39. The second kappa shape index (κ2) is 3.25. The Morgan fingerprint density at radius 1 is 1.36 bits per heavy atom. The van der Waals surface area contributed by atoms with E-state index in [1.807, 2.05) is 20.8 Å². The van der Waals surface area contributed by atoms with Crippen LogP contribution in [0.25, 0.3) is 0 Å². The molecule has 0 aromatic rings. The molecular weight excluding hydrogens is 156 g/mol. The molecule has 2 N–H and O–H groups in total. The van der Waals surface area contributed by atoms with E-state index in [0.29, 0.717) is 0 Å². The van der Waals surface area contributed by atoms with E-state index in [-0.39, 0.29) is 12.1 Å². The summed E-state index contributed by atoms with van der Waals surface area (Å²) in [5, 5.41) is 18.2. The van der Waals surface area contributed by atoms with E-state index in [1.165, 1.54) is 0 Å². The Bertz CT molecular complexity index is 127. The van der Waals surface area contributed by atoms with Crippen LogP contribution in [0.5, 0.6) is 0 Å². The molecule has 0 saturated carbocycles. The van der Waals surface area contributed by atoms with Crippen LogP contribution in [-0.4, -0.2) is 30.1 Å². The molecule has 0 aromatic heterocycles. The number of aliphatic hydroxyl groups excluding tert-OH is 1.